The van der Waals surface area contributed by atoms with Crippen LogP contribution in [0.15, 0.2) is 53.5 Å². The number of nitrogens with zero attached hydrogens (tertiary/aromatic N) is 3. The SMILES string of the molecule is Nc1ccc2c(c1)C(c1ccccc1)=NCC(=O)N2CN1CCCC1. The van der Waals surface area contributed by atoms with Crippen molar-refractivity contribution in [2.45, 2.75) is 12.8 Å². The molecule has 5 heteroatoms. The van der Waals surface area contributed by atoms with E-state index in [9.17, 15) is 4.79 Å². The quantitative estimate of drug-likeness (QED) is 0.877. The van der Waals surface area contributed by atoms with E-state index >= 15 is 0 Å². The minimum absolute atomic E-state index is 0.0313. The Morgan fingerprint density at radius 2 is 1.80 bits per heavy atom. The predicted molar refractivity (Wildman–Crippen MR) is 101 cm³/mol. The maximum Gasteiger partial charge on any atom is 0.249 e. The molecule has 2 aliphatic heterocycles. The minimum atomic E-state index is 0.0313. The van der Waals surface area contributed by atoms with Gasteiger partial charge in [-0.2, -0.15) is 0 Å². The van der Waals surface area contributed by atoms with Crippen LogP contribution in [0.5, 0.6) is 0 Å². The van der Waals surface area contributed by atoms with Crippen molar-refractivity contribution in [1.82, 2.24) is 4.90 Å². The van der Waals surface area contributed by atoms with E-state index in [0.29, 0.717) is 12.4 Å². The molecule has 5 nitrogen and oxygen atoms in total. The monoisotopic (exact) mass is 334 g/mol. The number of nitrogen functional groups attached to an aromatic ring is 1. The van der Waals surface area contributed by atoms with Crippen LogP contribution in [0.3, 0.4) is 0 Å². The molecule has 128 valence electrons. The largest absolute Gasteiger partial charge is 0.399 e. The van der Waals surface area contributed by atoms with Gasteiger partial charge in [-0.05, 0) is 44.1 Å². The molecule has 0 aromatic heterocycles. The molecule has 2 aliphatic rings. The molecule has 2 aromatic rings. The summed E-state index contributed by atoms with van der Waals surface area (Å²) in [6.45, 7) is 2.86. The first-order valence-corrected chi connectivity index (χ1v) is 8.75. The molecular formula is C20H22N4O. The third-order valence-electron chi connectivity index (χ3n) is 4.83. The highest BCUT2D eigenvalue weighted by Gasteiger charge is 2.27. The van der Waals surface area contributed by atoms with Crippen molar-refractivity contribution < 1.29 is 4.79 Å². The number of amides is 1. The molecule has 2 heterocycles. The van der Waals surface area contributed by atoms with Crippen LogP contribution in [0.25, 0.3) is 0 Å². The van der Waals surface area contributed by atoms with Gasteiger partial charge in [0.25, 0.3) is 0 Å². The topological polar surface area (TPSA) is 61.9 Å². The Morgan fingerprint density at radius 1 is 1.04 bits per heavy atom. The molecule has 2 aromatic carbocycles. The van der Waals surface area contributed by atoms with Gasteiger partial charge in [-0.15, -0.1) is 0 Å². The minimum Gasteiger partial charge on any atom is -0.399 e. The number of hydrogen-bond donors (Lipinski definition) is 1. The maximum absolute atomic E-state index is 12.8. The van der Waals surface area contributed by atoms with Gasteiger partial charge < -0.3 is 5.73 Å². The van der Waals surface area contributed by atoms with E-state index in [1.807, 2.05) is 53.4 Å². The maximum atomic E-state index is 12.8. The van der Waals surface area contributed by atoms with Crippen LogP contribution in [0.4, 0.5) is 11.4 Å². The number of benzodiazepines with no additional fused rings is 1. The second-order valence-corrected chi connectivity index (χ2v) is 6.60. The Morgan fingerprint density at radius 3 is 2.56 bits per heavy atom. The summed E-state index contributed by atoms with van der Waals surface area (Å²) < 4.78 is 0. The van der Waals surface area contributed by atoms with Crippen LogP contribution in [-0.2, 0) is 4.79 Å². The lowest BCUT2D eigenvalue weighted by Crippen LogP contribution is -2.41. The highest BCUT2D eigenvalue weighted by Crippen LogP contribution is 2.29. The number of carbonyl (C=O) groups excluding carboxylic acids is 1. The molecule has 0 bridgehead atoms. The van der Waals surface area contributed by atoms with Crippen molar-refractivity contribution in [2.24, 2.45) is 4.99 Å². The summed E-state index contributed by atoms with van der Waals surface area (Å²) in [7, 11) is 0. The Labute approximate surface area is 147 Å². The number of hydrogen-bond acceptors (Lipinski definition) is 4. The van der Waals surface area contributed by atoms with Crippen molar-refractivity contribution in [2.75, 3.05) is 36.9 Å². The molecule has 25 heavy (non-hydrogen) atoms. The van der Waals surface area contributed by atoms with Crippen molar-refractivity contribution in [1.29, 1.82) is 0 Å². The predicted octanol–water partition coefficient (Wildman–Crippen LogP) is 2.51. The Bertz CT molecular complexity index is 810. The van der Waals surface area contributed by atoms with Gasteiger partial charge >= 0.3 is 0 Å². The lowest BCUT2D eigenvalue weighted by Gasteiger charge is -2.28. The first kappa shape index (κ1) is 15.8. The molecule has 0 aliphatic carbocycles. The van der Waals surface area contributed by atoms with Crippen LogP contribution in [0, 0.1) is 0 Å². The van der Waals surface area contributed by atoms with Crippen LogP contribution in [0.2, 0.25) is 0 Å². The normalized spacial score (nSPS) is 18.0. The fraction of sp³-hybridized carbons (Fsp3) is 0.300. The molecule has 1 amide bonds. The first-order valence-electron chi connectivity index (χ1n) is 8.75. The second-order valence-electron chi connectivity index (χ2n) is 6.60. The smallest absolute Gasteiger partial charge is 0.249 e. The van der Waals surface area contributed by atoms with Gasteiger partial charge in [-0.25, -0.2) is 0 Å². The third-order valence-corrected chi connectivity index (χ3v) is 4.83. The molecule has 0 radical (unpaired) electrons. The number of carbonyl (C=O) groups is 1. The molecule has 0 saturated carbocycles. The van der Waals surface area contributed by atoms with Crippen LogP contribution >= 0.6 is 0 Å². The number of nitrogens with two attached hydrogens (primary N) is 1. The summed E-state index contributed by atoms with van der Waals surface area (Å²) in [5.74, 6) is 0.0313. The number of fused-ring (bicyclic) bond motifs is 1. The lowest BCUT2D eigenvalue weighted by molar-refractivity contribution is -0.117. The van der Waals surface area contributed by atoms with E-state index in [0.717, 1.165) is 35.6 Å². The van der Waals surface area contributed by atoms with E-state index in [1.54, 1.807) is 0 Å². The van der Waals surface area contributed by atoms with E-state index in [2.05, 4.69) is 9.89 Å². The van der Waals surface area contributed by atoms with Gasteiger partial charge in [0.1, 0.15) is 6.54 Å². The van der Waals surface area contributed by atoms with E-state index in [4.69, 9.17) is 5.73 Å². The summed E-state index contributed by atoms with van der Waals surface area (Å²) >= 11 is 0. The fourth-order valence-corrected chi connectivity index (χ4v) is 3.55. The van der Waals surface area contributed by atoms with Gasteiger partial charge in [-0.1, -0.05) is 30.3 Å². The van der Waals surface area contributed by atoms with Gasteiger partial charge in [0.2, 0.25) is 5.91 Å². The molecule has 4 rings (SSSR count). The number of aliphatic imine (C=N–C) groups is 1. The summed E-state index contributed by atoms with van der Waals surface area (Å²) in [5, 5.41) is 0. The van der Waals surface area contributed by atoms with Crippen molar-refractivity contribution in [3.05, 3.63) is 59.7 Å². The van der Waals surface area contributed by atoms with E-state index in [1.165, 1.54) is 12.8 Å². The van der Waals surface area contributed by atoms with Gasteiger partial charge in [0.15, 0.2) is 0 Å². The number of anilines is 2. The summed E-state index contributed by atoms with van der Waals surface area (Å²) in [4.78, 5) is 21.6. The molecule has 1 saturated heterocycles. The average molecular weight is 334 g/mol. The third kappa shape index (κ3) is 3.15. The standard InChI is InChI=1S/C20H22N4O/c21-16-8-9-18-17(12-16)20(15-6-2-1-3-7-15)22-13-19(25)24(18)14-23-10-4-5-11-23/h1-3,6-9,12H,4-5,10-11,13-14,21H2. The van der Waals surface area contributed by atoms with Gasteiger partial charge in [0.05, 0.1) is 18.1 Å². The number of benzene rings is 2. The van der Waals surface area contributed by atoms with Gasteiger partial charge in [-0.3, -0.25) is 19.6 Å². The summed E-state index contributed by atoms with van der Waals surface area (Å²) in [6, 6.07) is 15.7. The summed E-state index contributed by atoms with van der Waals surface area (Å²) in [5.41, 5.74) is 10.4. The zero-order chi connectivity index (χ0) is 17.2. The fourth-order valence-electron chi connectivity index (χ4n) is 3.55. The van der Waals surface area contributed by atoms with Crippen LogP contribution < -0.4 is 10.6 Å². The first-order chi connectivity index (χ1) is 12.2. The Kier molecular flexibility index (Phi) is 4.24. The molecule has 0 atom stereocenters. The Balaban J connectivity index is 1.78. The molecular weight excluding hydrogens is 312 g/mol. The van der Waals surface area contributed by atoms with Crippen molar-refractivity contribution >= 4 is 23.0 Å². The highest BCUT2D eigenvalue weighted by atomic mass is 16.2. The molecule has 0 unspecified atom stereocenters. The van der Waals surface area contributed by atoms with Crippen molar-refractivity contribution in [3.63, 3.8) is 0 Å². The van der Waals surface area contributed by atoms with E-state index < -0.39 is 0 Å². The molecule has 0 spiro atoms. The zero-order valence-corrected chi connectivity index (χ0v) is 14.2. The zero-order valence-electron chi connectivity index (χ0n) is 14.2. The Hall–Kier alpha value is -2.66. The summed E-state index contributed by atoms with van der Waals surface area (Å²) in [6.07, 6.45) is 2.39. The van der Waals surface area contributed by atoms with Crippen molar-refractivity contribution in [3.8, 4) is 0 Å². The lowest BCUT2D eigenvalue weighted by atomic mass is 9.99. The van der Waals surface area contributed by atoms with Crippen LogP contribution in [0.1, 0.15) is 24.0 Å². The highest BCUT2D eigenvalue weighted by molar-refractivity contribution is 6.19. The van der Waals surface area contributed by atoms with Gasteiger partial charge in [0, 0.05) is 16.8 Å². The number of likely N-dealkylation sites (tertiary alicyclic amines) is 1. The molecule has 1 fully saturated rings. The number of rotatable bonds is 3. The van der Waals surface area contributed by atoms with E-state index in [-0.39, 0.29) is 12.5 Å². The molecule has 2 N–H and O–H groups in total. The second kappa shape index (κ2) is 6.69. The van der Waals surface area contributed by atoms with Crippen LogP contribution in [-0.4, -0.2) is 42.8 Å². The average Bonchev–Trinajstić information content (AvgIpc) is 3.10.